The fraction of sp³-hybridized carbons (Fsp3) is 0.538. The van der Waals surface area contributed by atoms with E-state index in [-0.39, 0.29) is 6.61 Å². The van der Waals surface area contributed by atoms with Crippen molar-refractivity contribution in [3.8, 4) is 11.5 Å². The number of benzene rings is 1. The molecule has 1 rings (SSSR count). The van der Waals surface area contributed by atoms with Gasteiger partial charge in [0.1, 0.15) is 13.3 Å². The van der Waals surface area contributed by atoms with Crippen LogP contribution in [0, 0.1) is 0 Å². The summed E-state index contributed by atoms with van der Waals surface area (Å²) in [6, 6.07) is 5.68. The standard InChI is InChI=1S/C13H20FNO2/c1-3-8-15-10-11-5-4-6-12(16-2)13(11)17-9-7-14/h4-6,15H,3,7-10H2,1-2H3. The number of halogens is 1. The minimum atomic E-state index is -0.500. The van der Waals surface area contributed by atoms with Gasteiger partial charge in [0.2, 0.25) is 0 Å². The molecule has 0 amide bonds. The Morgan fingerprint density at radius 3 is 2.82 bits per heavy atom. The van der Waals surface area contributed by atoms with E-state index in [1.807, 2.05) is 18.2 Å². The van der Waals surface area contributed by atoms with Crippen molar-refractivity contribution in [3.05, 3.63) is 23.8 Å². The molecule has 0 spiro atoms. The van der Waals surface area contributed by atoms with Gasteiger partial charge in [-0.2, -0.15) is 0 Å². The monoisotopic (exact) mass is 241 g/mol. The minimum Gasteiger partial charge on any atom is -0.493 e. The van der Waals surface area contributed by atoms with Crippen LogP contribution in [0.15, 0.2) is 18.2 Å². The van der Waals surface area contributed by atoms with Crippen molar-refractivity contribution in [1.82, 2.24) is 5.32 Å². The third-order valence-electron chi connectivity index (χ3n) is 2.35. The molecule has 0 saturated heterocycles. The largest absolute Gasteiger partial charge is 0.493 e. The van der Waals surface area contributed by atoms with Crippen LogP contribution in [0.3, 0.4) is 0 Å². The first-order valence-corrected chi connectivity index (χ1v) is 5.88. The van der Waals surface area contributed by atoms with Crippen LogP contribution < -0.4 is 14.8 Å². The number of alkyl halides is 1. The van der Waals surface area contributed by atoms with Gasteiger partial charge in [0, 0.05) is 12.1 Å². The Kier molecular flexibility index (Phi) is 6.40. The van der Waals surface area contributed by atoms with Gasteiger partial charge in [-0.15, -0.1) is 0 Å². The maximum absolute atomic E-state index is 12.2. The second kappa shape index (κ2) is 7.90. The smallest absolute Gasteiger partial charge is 0.165 e. The van der Waals surface area contributed by atoms with E-state index in [0.717, 1.165) is 18.5 Å². The molecule has 3 nitrogen and oxygen atoms in total. The fourth-order valence-corrected chi connectivity index (χ4v) is 1.57. The summed E-state index contributed by atoms with van der Waals surface area (Å²) in [7, 11) is 1.58. The Morgan fingerprint density at radius 1 is 1.35 bits per heavy atom. The van der Waals surface area contributed by atoms with E-state index in [2.05, 4.69) is 12.2 Å². The summed E-state index contributed by atoms with van der Waals surface area (Å²) >= 11 is 0. The third kappa shape index (κ3) is 4.23. The first-order chi connectivity index (χ1) is 8.33. The number of rotatable bonds is 8. The molecule has 0 aliphatic rings. The van der Waals surface area contributed by atoms with Crippen molar-refractivity contribution in [2.24, 2.45) is 0 Å². The maximum atomic E-state index is 12.2. The van der Waals surface area contributed by atoms with E-state index in [4.69, 9.17) is 9.47 Å². The van der Waals surface area contributed by atoms with E-state index in [1.54, 1.807) is 7.11 Å². The first kappa shape index (κ1) is 13.8. The Labute approximate surface area is 102 Å². The van der Waals surface area contributed by atoms with Crippen molar-refractivity contribution >= 4 is 0 Å². The average molecular weight is 241 g/mol. The van der Waals surface area contributed by atoms with Gasteiger partial charge in [-0.05, 0) is 19.0 Å². The third-order valence-corrected chi connectivity index (χ3v) is 2.35. The van der Waals surface area contributed by atoms with Crippen LogP contribution in [0.4, 0.5) is 4.39 Å². The maximum Gasteiger partial charge on any atom is 0.165 e. The molecule has 4 heteroatoms. The Morgan fingerprint density at radius 2 is 2.18 bits per heavy atom. The predicted molar refractivity (Wildman–Crippen MR) is 66.5 cm³/mol. The lowest BCUT2D eigenvalue weighted by Crippen LogP contribution is -2.15. The molecule has 1 aromatic carbocycles. The number of hydrogen-bond acceptors (Lipinski definition) is 3. The topological polar surface area (TPSA) is 30.5 Å². The lowest BCUT2D eigenvalue weighted by atomic mass is 10.2. The summed E-state index contributed by atoms with van der Waals surface area (Å²) in [6.07, 6.45) is 1.07. The van der Waals surface area contributed by atoms with Crippen LogP contribution in [0.25, 0.3) is 0 Å². The van der Waals surface area contributed by atoms with Gasteiger partial charge in [0.25, 0.3) is 0 Å². The highest BCUT2D eigenvalue weighted by atomic mass is 19.1. The van der Waals surface area contributed by atoms with Crippen LogP contribution in [0.1, 0.15) is 18.9 Å². The van der Waals surface area contributed by atoms with Crippen LogP contribution >= 0.6 is 0 Å². The lowest BCUT2D eigenvalue weighted by molar-refractivity contribution is 0.257. The Bertz CT molecular complexity index is 331. The molecule has 0 radical (unpaired) electrons. The van der Waals surface area contributed by atoms with Crippen molar-refractivity contribution < 1.29 is 13.9 Å². The van der Waals surface area contributed by atoms with Gasteiger partial charge in [-0.3, -0.25) is 0 Å². The van der Waals surface area contributed by atoms with Gasteiger partial charge in [0.05, 0.1) is 7.11 Å². The van der Waals surface area contributed by atoms with E-state index in [9.17, 15) is 4.39 Å². The van der Waals surface area contributed by atoms with Gasteiger partial charge in [-0.1, -0.05) is 19.1 Å². The van der Waals surface area contributed by atoms with Gasteiger partial charge in [-0.25, -0.2) is 4.39 Å². The molecular formula is C13H20FNO2. The van der Waals surface area contributed by atoms with Gasteiger partial charge >= 0.3 is 0 Å². The molecule has 0 fully saturated rings. The zero-order valence-corrected chi connectivity index (χ0v) is 10.5. The molecule has 0 heterocycles. The summed E-state index contributed by atoms with van der Waals surface area (Å²) < 4.78 is 22.8. The number of ether oxygens (including phenoxy) is 2. The fourth-order valence-electron chi connectivity index (χ4n) is 1.57. The summed E-state index contributed by atoms with van der Waals surface area (Å²) in [5, 5.41) is 3.29. The zero-order chi connectivity index (χ0) is 12.5. The number of hydrogen-bond donors (Lipinski definition) is 1. The first-order valence-electron chi connectivity index (χ1n) is 5.88. The molecule has 0 unspecified atom stereocenters. The van der Waals surface area contributed by atoms with Crippen LogP contribution in [-0.4, -0.2) is 26.9 Å². The summed E-state index contributed by atoms with van der Waals surface area (Å²) in [5.74, 6) is 1.28. The zero-order valence-electron chi connectivity index (χ0n) is 10.5. The molecule has 0 aliphatic carbocycles. The van der Waals surface area contributed by atoms with E-state index < -0.39 is 6.67 Å². The van der Waals surface area contributed by atoms with Crippen molar-refractivity contribution in [1.29, 1.82) is 0 Å². The lowest BCUT2D eigenvalue weighted by Gasteiger charge is -2.14. The predicted octanol–water partition coefficient (Wildman–Crippen LogP) is 2.54. The number of nitrogens with one attached hydrogen (secondary N) is 1. The molecule has 1 N–H and O–H groups in total. The normalized spacial score (nSPS) is 10.3. The van der Waals surface area contributed by atoms with Crippen LogP contribution in [-0.2, 0) is 6.54 Å². The Balaban J connectivity index is 2.77. The highest BCUT2D eigenvalue weighted by molar-refractivity contribution is 5.46. The van der Waals surface area contributed by atoms with Gasteiger partial charge < -0.3 is 14.8 Å². The summed E-state index contributed by atoms with van der Waals surface area (Å²) in [4.78, 5) is 0. The molecule has 1 aromatic rings. The highest BCUT2D eigenvalue weighted by Gasteiger charge is 2.09. The average Bonchev–Trinajstić information content (AvgIpc) is 2.37. The van der Waals surface area contributed by atoms with E-state index >= 15 is 0 Å². The van der Waals surface area contributed by atoms with E-state index in [1.165, 1.54) is 0 Å². The van der Waals surface area contributed by atoms with Crippen LogP contribution in [0.2, 0.25) is 0 Å². The quantitative estimate of drug-likeness (QED) is 0.709. The number of para-hydroxylation sites is 1. The molecule has 0 aliphatic heterocycles. The van der Waals surface area contributed by atoms with Gasteiger partial charge in [0.15, 0.2) is 11.5 Å². The second-order valence-electron chi connectivity index (χ2n) is 3.66. The van der Waals surface area contributed by atoms with Crippen molar-refractivity contribution in [2.45, 2.75) is 19.9 Å². The minimum absolute atomic E-state index is 0.0567. The molecule has 0 bridgehead atoms. The highest BCUT2D eigenvalue weighted by Crippen LogP contribution is 2.30. The van der Waals surface area contributed by atoms with Crippen LogP contribution in [0.5, 0.6) is 11.5 Å². The second-order valence-corrected chi connectivity index (χ2v) is 3.66. The summed E-state index contributed by atoms with van der Waals surface area (Å²) in [6.45, 7) is 3.31. The SMILES string of the molecule is CCCNCc1cccc(OC)c1OCCF. The Hall–Kier alpha value is -1.29. The molecule has 0 aromatic heterocycles. The van der Waals surface area contributed by atoms with Crippen molar-refractivity contribution in [2.75, 3.05) is 26.9 Å². The molecule has 0 saturated carbocycles. The van der Waals surface area contributed by atoms with Crippen molar-refractivity contribution in [3.63, 3.8) is 0 Å². The molecule has 0 atom stereocenters. The molecule has 96 valence electrons. The molecular weight excluding hydrogens is 221 g/mol. The molecule has 17 heavy (non-hydrogen) atoms. The number of methoxy groups -OCH3 is 1. The summed E-state index contributed by atoms with van der Waals surface area (Å²) in [5.41, 5.74) is 0.992. The van der Waals surface area contributed by atoms with E-state index in [0.29, 0.717) is 18.0 Å².